The number of aryl methyl sites for hydroxylation is 2. The van der Waals surface area contributed by atoms with Crippen LogP contribution in [0.2, 0.25) is 0 Å². The molecule has 0 aliphatic carbocycles. The Labute approximate surface area is 121 Å². The topological polar surface area (TPSA) is 26.3 Å². The van der Waals surface area contributed by atoms with Crippen LogP contribution >= 0.6 is 15.9 Å². The van der Waals surface area contributed by atoms with Crippen LogP contribution in [-0.4, -0.2) is 12.9 Å². The predicted molar refractivity (Wildman–Crippen MR) is 80.0 cm³/mol. The predicted octanol–water partition coefficient (Wildman–Crippen LogP) is 4.31. The third-order valence-corrected chi connectivity index (χ3v) is 3.89. The van der Waals surface area contributed by atoms with E-state index in [4.69, 9.17) is 4.74 Å². The zero-order valence-corrected chi connectivity index (χ0v) is 12.7. The van der Waals surface area contributed by atoms with E-state index >= 15 is 0 Å². The highest BCUT2D eigenvalue weighted by Gasteiger charge is 2.15. The van der Waals surface area contributed by atoms with Gasteiger partial charge in [0.1, 0.15) is 5.75 Å². The first-order valence-corrected chi connectivity index (χ1v) is 6.77. The smallest absolute Gasteiger partial charge is 0.196 e. The minimum atomic E-state index is -0.0266. The molecule has 0 bridgehead atoms. The van der Waals surface area contributed by atoms with E-state index in [2.05, 4.69) is 15.9 Å². The molecule has 0 atom stereocenters. The summed E-state index contributed by atoms with van der Waals surface area (Å²) in [6.07, 6.45) is 0. The van der Waals surface area contributed by atoms with Crippen molar-refractivity contribution in [3.8, 4) is 5.75 Å². The molecule has 0 saturated carbocycles. The number of carbonyl (C=O) groups excluding carboxylic acids is 1. The van der Waals surface area contributed by atoms with E-state index in [1.807, 2.05) is 50.2 Å². The molecule has 0 fully saturated rings. The second kappa shape index (κ2) is 5.57. The molecule has 0 spiro atoms. The van der Waals surface area contributed by atoms with Crippen molar-refractivity contribution >= 4 is 21.7 Å². The zero-order valence-electron chi connectivity index (χ0n) is 11.2. The van der Waals surface area contributed by atoms with Crippen LogP contribution in [0, 0.1) is 13.8 Å². The van der Waals surface area contributed by atoms with Crippen molar-refractivity contribution < 1.29 is 9.53 Å². The highest BCUT2D eigenvalue weighted by molar-refractivity contribution is 9.10. The molecule has 0 N–H and O–H groups in total. The molecule has 98 valence electrons. The van der Waals surface area contributed by atoms with Crippen molar-refractivity contribution in [3.05, 3.63) is 63.1 Å². The van der Waals surface area contributed by atoms with Gasteiger partial charge in [0.25, 0.3) is 0 Å². The molecule has 2 nitrogen and oxygen atoms in total. The molecule has 0 aromatic heterocycles. The van der Waals surface area contributed by atoms with Gasteiger partial charge in [0.2, 0.25) is 0 Å². The number of carbonyl (C=O) groups is 1. The standard InChI is InChI=1S/C16H15BrO2/c1-10-4-7-15(19-3)13(8-10)16(18)12-6-5-11(2)14(17)9-12/h4-9H,1-3H3. The van der Waals surface area contributed by atoms with Gasteiger partial charge in [0.05, 0.1) is 12.7 Å². The molecule has 3 heteroatoms. The molecule has 0 amide bonds. The van der Waals surface area contributed by atoms with Crippen molar-refractivity contribution in [2.45, 2.75) is 13.8 Å². The summed E-state index contributed by atoms with van der Waals surface area (Å²) in [5, 5.41) is 0. The Morgan fingerprint density at radius 3 is 2.47 bits per heavy atom. The normalized spacial score (nSPS) is 10.3. The molecule has 0 aliphatic heterocycles. The molecular weight excluding hydrogens is 304 g/mol. The van der Waals surface area contributed by atoms with Gasteiger partial charge in [-0.2, -0.15) is 0 Å². The summed E-state index contributed by atoms with van der Waals surface area (Å²) in [4.78, 5) is 12.5. The lowest BCUT2D eigenvalue weighted by molar-refractivity contribution is 0.103. The lowest BCUT2D eigenvalue weighted by atomic mass is 10.00. The second-order valence-electron chi connectivity index (χ2n) is 4.50. The molecule has 2 aromatic rings. The maximum atomic E-state index is 12.5. The number of methoxy groups -OCH3 is 1. The summed E-state index contributed by atoms with van der Waals surface area (Å²) in [7, 11) is 1.58. The molecule has 0 aliphatic rings. The van der Waals surface area contributed by atoms with Crippen molar-refractivity contribution in [2.24, 2.45) is 0 Å². The zero-order chi connectivity index (χ0) is 14.0. The summed E-state index contributed by atoms with van der Waals surface area (Å²) in [5.74, 6) is 0.577. The maximum absolute atomic E-state index is 12.5. The number of ether oxygens (including phenoxy) is 1. The first-order valence-electron chi connectivity index (χ1n) is 5.98. The molecule has 0 heterocycles. The number of benzene rings is 2. The number of hydrogen-bond acceptors (Lipinski definition) is 2. The Bertz CT molecular complexity index is 633. The van der Waals surface area contributed by atoms with Gasteiger partial charge < -0.3 is 4.74 Å². The quantitative estimate of drug-likeness (QED) is 0.788. The Kier molecular flexibility index (Phi) is 4.05. The minimum Gasteiger partial charge on any atom is -0.496 e. The van der Waals surface area contributed by atoms with Gasteiger partial charge in [-0.1, -0.05) is 39.7 Å². The molecule has 19 heavy (non-hydrogen) atoms. The van der Waals surface area contributed by atoms with Gasteiger partial charge >= 0.3 is 0 Å². The van der Waals surface area contributed by atoms with Crippen LogP contribution in [0.5, 0.6) is 5.75 Å². The van der Waals surface area contributed by atoms with E-state index in [1.54, 1.807) is 7.11 Å². The number of ketones is 1. The average molecular weight is 319 g/mol. The summed E-state index contributed by atoms with van der Waals surface area (Å²) >= 11 is 3.45. The van der Waals surface area contributed by atoms with Crippen molar-refractivity contribution in [2.75, 3.05) is 7.11 Å². The third kappa shape index (κ3) is 2.87. The van der Waals surface area contributed by atoms with Crippen molar-refractivity contribution in [1.82, 2.24) is 0 Å². The maximum Gasteiger partial charge on any atom is 0.196 e. The lowest BCUT2D eigenvalue weighted by Gasteiger charge is -2.09. The molecule has 0 unspecified atom stereocenters. The van der Waals surface area contributed by atoms with E-state index in [1.165, 1.54) is 0 Å². The Morgan fingerprint density at radius 2 is 1.84 bits per heavy atom. The Balaban J connectivity index is 2.49. The highest BCUT2D eigenvalue weighted by Crippen LogP contribution is 2.25. The van der Waals surface area contributed by atoms with Crippen LogP contribution in [0.1, 0.15) is 27.0 Å². The Hall–Kier alpha value is -1.61. The van der Waals surface area contributed by atoms with Crippen LogP contribution in [0.25, 0.3) is 0 Å². The van der Waals surface area contributed by atoms with Crippen LogP contribution in [-0.2, 0) is 0 Å². The van der Waals surface area contributed by atoms with Gasteiger partial charge in [-0.15, -0.1) is 0 Å². The fourth-order valence-electron chi connectivity index (χ4n) is 1.89. The minimum absolute atomic E-state index is 0.0266. The fraction of sp³-hybridized carbons (Fsp3) is 0.188. The largest absolute Gasteiger partial charge is 0.496 e. The van der Waals surface area contributed by atoms with Crippen LogP contribution in [0.15, 0.2) is 40.9 Å². The number of hydrogen-bond donors (Lipinski definition) is 0. The van der Waals surface area contributed by atoms with Gasteiger partial charge in [0, 0.05) is 10.0 Å². The van der Waals surface area contributed by atoms with Crippen LogP contribution in [0.3, 0.4) is 0 Å². The van der Waals surface area contributed by atoms with Crippen LogP contribution < -0.4 is 4.74 Å². The third-order valence-electron chi connectivity index (χ3n) is 3.03. The molecule has 2 aromatic carbocycles. The van der Waals surface area contributed by atoms with E-state index in [-0.39, 0.29) is 5.78 Å². The molecular formula is C16H15BrO2. The number of halogens is 1. The fourth-order valence-corrected chi connectivity index (χ4v) is 2.27. The van der Waals surface area contributed by atoms with E-state index in [0.29, 0.717) is 16.9 Å². The lowest BCUT2D eigenvalue weighted by Crippen LogP contribution is -2.04. The SMILES string of the molecule is COc1ccc(C)cc1C(=O)c1ccc(C)c(Br)c1. The first kappa shape index (κ1) is 13.8. The second-order valence-corrected chi connectivity index (χ2v) is 5.35. The van der Waals surface area contributed by atoms with Crippen LogP contribution in [0.4, 0.5) is 0 Å². The van der Waals surface area contributed by atoms with E-state index in [0.717, 1.165) is 15.6 Å². The van der Waals surface area contributed by atoms with Gasteiger partial charge in [-0.3, -0.25) is 4.79 Å². The van der Waals surface area contributed by atoms with Crippen molar-refractivity contribution in [1.29, 1.82) is 0 Å². The summed E-state index contributed by atoms with van der Waals surface area (Å²) < 4.78 is 6.20. The molecule has 0 saturated heterocycles. The van der Waals surface area contributed by atoms with Gasteiger partial charge in [0.15, 0.2) is 5.78 Å². The van der Waals surface area contributed by atoms with Gasteiger partial charge in [-0.25, -0.2) is 0 Å². The van der Waals surface area contributed by atoms with Crippen molar-refractivity contribution in [3.63, 3.8) is 0 Å². The van der Waals surface area contributed by atoms with Gasteiger partial charge in [-0.05, 0) is 37.6 Å². The summed E-state index contributed by atoms with van der Waals surface area (Å²) in [6.45, 7) is 3.95. The van der Waals surface area contributed by atoms with E-state index in [9.17, 15) is 4.79 Å². The highest BCUT2D eigenvalue weighted by atomic mass is 79.9. The summed E-state index contributed by atoms with van der Waals surface area (Å²) in [5.41, 5.74) is 3.39. The van der Waals surface area contributed by atoms with E-state index < -0.39 is 0 Å². The number of rotatable bonds is 3. The monoisotopic (exact) mass is 318 g/mol. The Morgan fingerprint density at radius 1 is 1.11 bits per heavy atom. The average Bonchev–Trinajstić information content (AvgIpc) is 2.41. The summed E-state index contributed by atoms with van der Waals surface area (Å²) in [6, 6.07) is 11.2. The molecule has 0 radical (unpaired) electrons. The molecule has 2 rings (SSSR count). The first-order chi connectivity index (χ1) is 9.02.